The molecule has 0 saturated heterocycles. The van der Waals surface area contributed by atoms with Gasteiger partial charge in [0.2, 0.25) is 12.0 Å². The number of para-hydroxylation sites is 2. The quantitative estimate of drug-likeness (QED) is 0.102. The fourth-order valence-corrected chi connectivity index (χ4v) is 7.16. The van der Waals surface area contributed by atoms with Gasteiger partial charge in [0.1, 0.15) is 30.5 Å². The van der Waals surface area contributed by atoms with Crippen LogP contribution >= 0.6 is 23.1 Å². The number of hydrogen-bond donors (Lipinski definition) is 1. The van der Waals surface area contributed by atoms with Crippen LogP contribution in [0.15, 0.2) is 79.1 Å². The van der Waals surface area contributed by atoms with E-state index in [0.29, 0.717) is 46.0 Å². The van der Waals surface area contributed by atoms with E-state index >= 15 is 0 Å². The van der Waals surface area contributed by atoms with Crippen LogP contribution in [0, 0.1) is 6.92 Å². The maximum absolute atomic E-state index is 12.8. The van der Waals surface area contributed by atoms with Gasteiger partial charge in [0, 0.05) is 36.8 Å². The van der Waals surface area contributed by atoms with E-state index in [2.05, 4.69) is 9.36 Å². The number of carboxylic acid groups (broad SMARTS) is 1. The molecule has 1 saturated carbocycles. The Labute approximate surface area is 322 Å². The van der Waals surface area contributed by atoms with Gasteiger partial charge in [0.15, 0.2) is 5.82 Å². The van der Waals surface area contributed by atoms with Crippen LogP contribution in [0.1, 0.15) is 41.3 Å². The molecule has 6 aromatic rings. The maximum atomic E-state index is 12.8. The third-order valence-electron chi connectivity index (χ3n) is 9.24. The van der Waals surface area contributed by atoms with E-state index in [0.717, 1.165) is 57.4 Å². The van der Waals surface area contributed by atoms with Crippen LogP contribution in [0.25, 0.3) is 32.6 Å². The Morgan fingerprint density at radius 2 is 1.76 bits per heavy atom. The summed E-state index contributed by atoms with van der Waals surface area (Å²) in [6, 6.07) is 20.5. The molecule has 3 heterocycles. The summed E-state index contributed by atoms with van der Waals surface area (Å²) in [4.78, 5) is 28.9. The van der Waals surface area contributed by atoms with Gasteiger partial charge in [-0.2, -0.15) is 4.37 Å². The summed E-state index contributed by atoms with van der Waals surface area (Å²) in [5.74, 6) is 1.71. The minimum Gasteiger partial charge on any atom is -0.496 e. The molecule has 1 aliphatic carbocycles. The number of methoxy groups -OCH3 is 1. The average molecular weight is 766 g/mol. The average Bonchev–Trinajstić information content (AvgIpc) is 3.95. The zero-order valence-electron chi connectivity index (χ0n) is 30.4. The van der Waals surface area contributed by atoms with Crippen molar-refractivity contribution in [1.29, 1.82) is 0 Å². The molecular formula is C41H40ClN5O6S. The van der Waals surface area contributed by atoms with Crippen LogP contribution < -0.4 is 18.9 Å². The van der Waals surface area contributed by atoms with E-state index in [1.807, 2.05) is 80.5 Å². The zero-order chi connectivity index (χ0) is 37.8. The summed E-state index contributed by atoms with van der Waals surface area (Å²) in [6.45, 7) is 3.35. The van der Waals surface area contributed by atoms with Gasteiger partial charge in [-0.05, 0) is 92.4 Å². The van der Waals surface area contributed by atoms with E-state index < -0.39 is 12.1 Å². The van der Waals surface area contributed by atoms with Crippen LogP contribution in [0.2, 0.25) is 5.02 Å². The zero-order valence-corrected chi connectivity index (χ0v) is 32.0. The molecule has 1 aliphatic rings. The summed E-state index contributed by atoms with van der Waals surface area (Å²) < 4.78 is 29.5. The van der Waals surface area contributed by atoms with Crippen molar-refractivity contribution in [3.8, 4) is 45.6 Å². The van der Waals surface area contributed by atoms with Gasteiger partial charge in [0.25, 0.3) is 0 Å². The van der Waals surface area contributed by atoms with E-state index in [1.54, 1.807) is 31.6 Å². The molecule has 11 nitrogen and oxygen atoms in total. The lowest BCUT2D eigenvalue weighted by Gasteiger charge is -2.19. The largest absolute Gasteiger partial charge is 0.496 e. The smallest absolute Gasteiger partial charge is 0.345 e. The molecule has 0 amide bonds. The lowest BCUT2D eigenvalue weighted by Crippen LogP contribution is -2.29. The topological polar surface area (TPSA) is 129 Å². The molecule has 3 aromatic carbocycles. The molecule has 1 fully saturated rings. The molecule has 278 valence electrons. The van der Waals surface area contributed by atoms with E-state index in [4.69, 9.17) is 40.5 Å². The van der Waals surface area contributed by atoms with Crippen LogP contribution in [-0.2, 0) is 17.8 Å². The summed E-state index contributed by atoms with van der Waals surface area (Å²) in [7, 11) is 5.59. The predicted molar refractivity (Wildman–Crippen MR) is 209 cm³/mol. The summed E-state index contributed by atoms with van der Waals surface area (Å²) in [6.07, 6.45) is 4.28. The van der Waals surface area contributed by atoms with E-state index in [1.165, 1.54) is 11.5 Å². The lowest BCUT2D eigenvalue weighted by atomic mass is 9.94. The third kappa shape index (κ3) is 8.10. The van der Waals surface area contributed by atoms with Crippen molar-refractivity contribution in [2.75, 3.05) is 34.4 Å². The van der Waals surface area contributed by atoms with Crippen molar-refractivity contribution in [3.05, 3.63) is 107 Å². The molecule has 0 aliphatic heterocycles. The molecule has 0 spiro atoms. The van der Waals surface area contributed by atoms with Gasteiger partial charge < -0.3 is 29.0 Å². The first-order chi connectivity index (χ1) is 26.2. The Morgan fingerprint density at radius 3 is 2.52 bits per heavy atom. The number of nitrogens with zero attached hydrogens (tertiary/aromatic N) is 5. The van der Waals surface area contributed by atoms with Crippen LogP contribution in [0.3, 0.4) is 0 Å². The number of likely N-dealkylation sites (N-methyl/N-ethyl adjacent to an activating group) is 1. The minimum atomic E-state index is -1.27. The van der Waals surface area contributed by atoms with Gasteiger partial charge in [-0.1, -0.05) is 48.0 Å². The highest BCUT2D eigenvalue weighted by molar-refractivity contribution is 7.13. The van der Waals surface area contributed by atoms with Crippen molar-refractivity contribution in [2.45, 2.75) is 44.8 Å². The molecule has 1 atom stereocenters. The number of benzene rings is 3. The lowest BCUT2D eigenvalue weighted by molar-refractivity contribution is -0.145. The molecule has 54 heavy (non-hydrogen) atoms. The number of ether oxygens (including phenoxy) is 4. The standard InChI is InChI=1S/C41H40ClN5O6S/c1-24-28(15-16-32(37(24)42)51-20-19-47(2)3)35-36-34(22-44-38(35)25-13-14-25)54-46-40(36)53-33(41(48)49)21-26-9-5-7-11-30(26)52-23-27-17-18-43-39(45-27)29-10-6-8-12-31(29)50-4/h5-12,15-18,22,25,33H,13-14,19-21,23H2,1-4H3,(H,48,49). The highest BCUT2D eigenvalue weighted by Crippen LogP contribution is 2.50. The van der Waals surface area contributed by atoms with Crippen molar-refractivity contribution < 1.29 is 28.8 Å². The number of pyridine rings is 1. The third-order valence-corrected chi connectivity index (χ3v) is 10.5. The second-order valence-corrected chi connectivity index (χ2v) is 14.5. The van der Waals surface area contributed by atoms with Crippen molar-refractivity contribution in [1.82, 2.24) is 24.2 Å². The normalized spacial score (nSPS) is 13.2. The van der Waals surface area contributed by atoms with Gasteiger partial charge in [0.05, 0.1) is 39.2 Å². The number of aliphatic carboxylic acids is 1. The van der Waals surface area contributed by atoms with Crippen molar-refractivity contribution >= 4 is 39.2 Å². The monoisotopic (exact) mass is 765 g/mol. The second-order valence-electron chi connectivity index (χ2n) is 13.3. The number of carboxylic acids is 1. The first-order valence-corrected chi connectivity index (χ1v) is 18.8. The SMILES string of the molecule is COc1ccccc1-c1nccc(COc2ccccc2CC(Oc2nsc3cnc(C4CC4)c(-c4ccc(OCCN(C)C)c(Cl)c4C)c23)C(=O)O)n1. The van der Waals surface area contributed by atoms with E-state index in [-0.39, 0.29) is 24.8 Å². The van der Waals surface area contributed by atoms with E-state index in [9.17, 15) is 9.90 Å². The fourth-order valence-electron chi connectivity index (χ4n) is 6.24. The molecule has 0 radical (unpaired) electrons. The first-order valence-electron chi connectivity index (χ1n) is 17.6. The summed E-state index contributed by atoms with van der Waals surface area (Å²) in [5, 5.41) is 11.7. The van der Waals surface area contributed by atoms with Gasteiger partial charge in [-0.3, -0.25) is 4.98 Å². The Bertz CT molecular complexity index is 2290. The molecule has 3 aromatic heterocycles. The van der Waals surface area contributed by atoms with Gasteiger partial charge in [-0.25, -0.2) is 14.8 Å². The number of carbonyl (C=O) groups is 1. The molecule has 0 bridgehead atoms. The number of hydrogen-bond acceptors (Lipinski definition) is 11. The van der Waals surface area contributed by atoms with Gasteiger partial charge in [-0.15, -0.1) is 0 Å². The number of rotatable bonds is 16. The van der Waals surface area contributed by atoms with Crippen LogP contribution in [0.4, 0.5) is 0 Å². The van der Waals surface area contributed by atoms with Crippen molar-refractivity contribution in [3.63, 3.8) is 0 Å². The Balaban J connectivity index is 1.16. The summed E-state index contributed by atoms with van der Waals surface area (Å²) in [5.41, 5.74) is 5.59. The minimum absolute atomic E-state index is 0.0283. The fraction of sp³-hybridized carbons (Fsp3) is 0.293. The molecule has 13 heteroatoms. The van der Waals surface area contributed by atoms with Crippen molar-refractivity contribution in [2.24, 2.45) is 0 Å². The second kappa shape index (κ2) is 16.4. The predicted octanol–water partition coefficient (Wildman–Crippen LogP) is 8.26. The number of halogens is 1. The Kier molecular flexibility index (Phi) is 11.2. The highest BCUT2D eigenvalue weighted by atomic mass is 35.5. The Morgan fingerprint density at radius 1 is 0.981 bits per heavy atom. The molecular weight excluding hydrogens is 726 g/mol. The highest BCUT2D eigenvalue weighted by Gasteiger charge is 2.33. The maximum Gasteiger partial charge on any atom is 0.345 e. The summed E-state index contributed by atoms with van der Waals surface area (Å²) >= 11 is 8.14. The Hall–Kier alpha value is -5.30. The molecule has 1 unspecified atom stereocenters. The molecule has 7 rings (SSSR count). The number of aromatic nitrogens is 4. The van der Waals surface area contributed by atoms with Gasteiger partial charge >= 0.3 is 5.97 Å². The first kappa shape index (κ1) is 37.0. The van der Waals surface area contributed by atoms with Crippen LogP contribution in [-0.4, -0.2) is 75.8 Å². The van der Waals surface area contributed by atoms with Crippen LogP contribution in [0.5, 0.6) is 23.1 Å². The number of fused-ring (bicyclic) bond motifs is 1. The molecule has 1 N–H and O–H groups in total.